The van der Waals surface area contributed by atoms with Gasteiger partial charge in [-0.15, -0.1) is 11.8 Å². The fourth-order valence-electron chi connectivity index (χ4n) is 3.43. The molecule has 1 saturated heterocycles. The van der Waals surface area contributed by atoms with Crippen LogP contribution in [0.25, 0.3) is 10.2 Å². The highest BCUT2D eigenvalue weighted by Gasteiger charge is 2.26. The molecule has 29 heavy (non-hydrogen) atoms. The molecule has 1 amide bonds. The number of carbonyl (C=O) groups is 1. The number of methoxy groups -OCH3 is 1. The highest BCUT2D eigenvalue weighted by Crippen LogP contribution is 2.32. The van der Waals surface area contributed by atoms with Gasteiger partial charge in [-0.1, -0.05) is 23.5 Å². The molecule has 0 aliphatic carbocycles. The number of aromatic nitrogens is 1. The molecule has 1 aliphatic rings. The maximum atomic E-state index is 13.3. The van der Waals surface area contributed by atoms with E-state index in [0.717, 1.165) is 46.1 Å². The summed E-state index contributed by atoms with van der Waals surface area (Å²) in [7, 11) is 1.64. The molecule has 0 N–H and O–H groups in total. The van der Waals surface area contributed by atoms with Crippen LogP contribution < -0.4 is 9.64 Å². The molecule has 1 aliphatic heterocycles. The van der Waals surface area contributed by atoms with Crippen molar-refractivity contribution in [2.45, 2.75) is 30.3 Å². The summed E-state index contributed by atoms with van der Waals surface area (Å²) in [6, 6.07) is 14.0. The maximum absolute atomic E-state index is 13.3. The molecule has 0 saturated carbocycles. The van der Waals surface area contributed by atoms with Gasteiger partial charge in [0.15, 0.2) is 5.13 Å². The normalized spacial score (nSPS) is 16.3. The monoisotopic (exact) mass is 428 g/mol. The summed E-state index contributed by atoms with van der Waals surface area (Å²) >= 11 is 3.23. The van der Waals surface area contributed by atoms with Gasteiger partial charge in [0.05, 0.1) is 36.4 Å². The lowest BCUT2D eigenvalue weighted by Gasteiger charge is -2.23. The smallest absolute Gasteiger partial charge is 0.233 e. The van der Waals surface area contributed by atoms with Gasteiger partial charge in [0.2, 0.25) is 5.91 Å². The van der Waals surface area contributed by atoms with Crippen LogP contribution in [0.5, 0.6) is 5.75 Å². The Balaban J connectivity index is 1.60. The fraction of sp³-hybridized carbons (Fsp3) is 0.364. The molecule has 2 aromatic carbocycles. The van der Waals surface area contributed by atoms with E-state index in [1.54, 1.807) is 23.8 Å². The Morgan fingerprint density at radius 1 is 1.31 bits per heavy atom. The van der Waals surface area contributed by atoms with Crippen molar-refractivity contribution in [3.63, 3.8) is 0 Å². The third kappa shape index (κ3) is 4.74. The number of fused-ring (bicyclic) bond motifs is 1. The summed E-state index contributed by atoms with van der Waals surface area (Å²) in [6.07, 6.45) is 4.48. The molecule has 5 nitrogen and oxygen atoms in total. The van der Waals surface area contributed by atoms with E-state index in [-0.39, 0.29) is 12.0 Å². The van der Waals surface area contributed by atoms with Crippen molar-refractivity contribution in [1.82, 2.24) is 4.98 Å². The molecule has 1 unspecified atom stereocenters. The van der Waals surface area contributed by atoms with Gasteiger partial charge in [-0.05, 0) is 48.9 Å². The standard InChI is InChI=1S/C22H24N2O3S2/c1-26-16-7-10-20-19(13-16)23-22(29-20)24(14-17-4-3-11-27-17)21(25)12-15-5-8-18(28-2)9-6-15/h5-10,13,17H,3-4,11-12,14H2,1-2H3. The van der Waals surface area contributed by atoms with E-state index in [1.165, 1.54) is 16.2 Å². The number of rotatable bonds is 7. The van der Waals surface area contributed by atoms with Gasteiger partial charge in [-0.25, -0.2) is 4.98 Å². The number of carbonyl (C=O) groups excluding carboxylic acids is 1. The zero-order chi connectivity index (χ0) is 20.2. The molecule has 0 spiro atoms. The first kappa shape index (κ1) is 20.2. The van der Waals surface area contributed by atoms with Gasteiger partial charge in [0.1, 0.15) is 5.75 Å². The van der Waals surface area contributed by atoms with Gasteiger partial charge < -0.3 is 9.47 Å². The second-order valence-electron chi connectivity index (χ2n) is 6.99. The highest BCUT2D eigenvalue weighted by atomic mass is 32.2. The van der Waals surface area contributed by atoms with Gasteiger partial charge in [-0.2, -0.15) is 0 Å². The van der Waals surface area contributed by atoms with Crippen molar-refractivity contribution in [3.05, 3.63) is 48.0 Å². The maximum Gasteiger partial charge on any atom is 0.233 e. The Bertz CT molecular complexity index is 981. The van der Waals surface area contributed by atoms with E-state index in [0.29, 0.717) is 13.0 Å². The number of hydrogen-bond donors (Lipinski definition) is 0. The van der Waals surface area contributed by atoms with Crippen LogP contribution in [-0.2, 0) is 16.0 Å². The number of hydrogen-bond acceptors (Lipinski definition) is 6. The molecular weight excluding hydrogens is 404 g/mol. The minimum atomic E-state index is 0.0448. The number of thiazole rings is 1. The first-order valence-electron chi connectivity index (χ1n) is 9.66. The summed E-state index contributed by atoms with van der Waals surface area (Å²) in [5.74, 6) is 0.809. The minimum Gasteiger partial charge on any atom is -0.497 e. The van der Waals surface area contributed by atoms with E-state index < -0.39 is 0 Å². The molecule has 1 atom stereocenters. The third-order valence-corrected chi connectivity index (χ3v) is 6.84. The summed E-state index contributed by atoms with van der Waals surface area (Å²) in [5.41, 5.74) is 1.85. The minimum absolute atomic E-state index is 0.0448. The Hall–Kier alpha value is -2.09. The van der Waals surface area contributed by atoms with Crippen molar-refractivity contribution in [3.8, 4) is 5.75 Å². The summed E-state index contributed by atoms with van der Waals surface area (Å²) in [6.45, 7) is 1.30. The largest absolute Gasteiger partial charge is 0.497 e. The number of amides is 1. The van der Waals surface area contributed by atoms with Gasteiger partial charge >= 0.3 is 0 Å². The SMILES string of the molecule is COc1ccc2sc(N(CC3CCCO3)C(=O)Cc3ccc(SC)cc3)nc2c1. The molecule has 1 fully saturated rings. The Labute approximate surface area is 179 Å². The lowest BCUT2D eigenvalue weighted by atomic mass is 10.1. The Kier molecular flexibility index (Phi) is 6.37. The van der Waals surface area contributed by atoms with Crippen molar-refractivity contribution < 1.29 is 14.3 Å². The molecule has 3 aromatic rings. The van der Waals surface area contributed by atoms with Crippen LogP contribution in [0.1, 0.15) is 18.4 Å². The second kappa shape index (κ2) is 9.15. The number of nitrogens with zero attached hydrogens (tertiary/aromatic N) is 2. The lowest BCUT2D eigenvalue weighted by molar-refractivity contribution is -0.118. The van der Waals surface area contributed by atoms with E-state index in [2.05, 4.69) is 12.1 Å². The average molecular weight is 429 g/mol. The van der Waals surface area contributed by atoms with Crippen LogP contribution in [0.4, 0.5) is 5.13 Å². The number of ether oxygens (including phenoxy) is 2. The van der Waals surface area contributed by atoms with Crippen molar-refractivity contribution in [2.24, 2.45) is 0 Å². The predicted octanol–water partition coefficient (Wildman–Crippen LogP) is 4.78. The van der Waals surface area contributed by atoms with Crippen molar-refractivity contribution in [2.75, 3.05) is 31.4 Å². The van der Waals surface area contributed by atoms with Gasteiger partial charge in [0, 0.05) is 17.6 Å². The van der Waals surface area contributed by atoms with Crippen molar-refractivity contribution >= 4 is 44.4 Å². The first-order valence-corrected chi connectivity index (χ1v) is 11.7. The molecule has 0 radical (unpaired) electrons. The van der Waals surface area contributed by atoms with Crippen LogP contribution in [0.15, 0.2) is 47.4 Å². The molecule has 4 rings (SSSR count). The molecule has 0 bridgehead atoms. The summed E-state index contributed by atoms with van der Waals surface area (Å²) < 4.78 is 12.2. The Morgan fingerprint density at radius 3 is 2.83 bits per heavy atom. The Morgan fingerprint density at radius 2 is 2.14 bits per heavy atom. The van der Waals surface area contributed by atoms with Gasteiger partial charge in [0.25, 0.3) is 0 Å². The van der Waals surface area contributed by atoms with E-state index in [9.17, 15) is 4.79 Å². The lowest BCUT2D eigenvalue weighted by Crippen LogP contribution is -2.38. The zero-order valence-corrected chi connectivity index (χ0v) is 18.2. The topological polar surface area (TPSA) is 51.7 Å². The van der Waals surface area contributed by atoms with Crippen molar-refractivity contribution in [1.29, 1.82) is 0 Å². The zero-order valence-electron chi connectivity index (χ0n) is 16.6. The van der Waals surface area contributed by atoms with Crippen LogP contribution >= 0.6 is 23.1 Å². The average Bonchev–Trinajstić information content (AvgIpc) is 3.41. The van der Waals surface area contributed by atoms with Crippen LogP contribution in [-0.4, -0.2) is 43.5 Å². The fourth-order valence-corrected chi connectivity index (χ4v) is 4.81. The van der Waals surface area contributed by atoms with E-state index >= 15 is 0 Å². The third-order valence-electron chi connectivity index (χ3n) is 5.04. The number of benzene rings is 2. The van der Waals surface area contributed by atoms with E-state index in [4.69, 9.17) is 14.5 Å². The van der Waals surface area contributed by atoms with Gasteiger partial charge in [-0.3, -0.25) is 9.69 Å². The first-order chi connectivity index (χ1) is 14.2. The molecule has 1 aromatic heterocycles. The number of thioether (sulfide) groups is 1. The van der Waals surface area contributed by atoms with Crippen LogP contribution in [0.2, 0.25) is 0 Å². The molecule has 2 heterocycles. The number of anilines is 1. The molecular formula is C22H24N2O3S2. The molecule has 7 heteroatoms. The predicted molar refractivity (Wildman–Crippen MR) is 119 cm³/mol. The van der Waals surface area contributed by atoms with Crippen LogP contribution in [0, 0.1) is 0 Å². The summed E-state index contributed by atoms with van der Waals surface area (Å²) in [5, 5.41) is 0.717. The second-order valence-corrected chi connectivity index (χ2v) is 8.88. The molecule has 152 valence electrons. The quantitative estimate of drug-likeness (QED) is 0.507. The van der Waals surface area contributed by atoms with Crippen LogP contribution in [0.3, 0.4) is 0 Å². The summed E-state index contributed by atoms with van der Waals surface area (Å²) in [4.78, 5) is 21.0. The van der Waals surface area contributed by atoms with E-state index in [1.807, 2.05) is 36.6 Å². The highest BCUT2D eigenvalue weighted by molar-refractivity contribution is 7.98.